The number of rotatable bonds is 5. The van der Waals surface area contributed by atoms with E-state index in [0.717, 1.165) is 42.8 Å². The maximum atomic E-state index is 10.0. The zero-order chi connectivity index (χ0) is 18.7. The SMILES string of the molecule is COc1cccc(Cc2nc(C3(c4ccccc4)CCC(O)CC3)no2)c1. The van der Waals surface area contributed by atoms with Gasteiger partial charge in [-0.1, -0.05) is 47.6 Å². The number of hydrogen-bond acceptors (Lipinski definition) is 5. The van der Waals surface area contributed by atoms with Crippen molar-refractivity contribution < 1.29 is 14.4 Å². The summed E-state index contributed by atoms with van der Waals surface area (Å²) >= 11 is 0. The summed E-state index contributed by atoms with van der Waals surface area (Å²) in [5, 5.41) is 14.4. The highest BCUT2D eigenvalue weighted by atomic mass is 16.5. The topological polar surface area (TPSA) is 68.4 Å². The van der Waals surface area contributed by atoms with Crippen LogP contribution in [0.1, 0.15) is 48.5 Å². The third-order valence-corrected chi connectivity index (χ3v) is 5.52. The summed E-state index contributed by atoms with van der Waals surface area (Å²) in [5.74, 6) is 2.13. The lowest BCUT2D eigenvalue weighted by molar-refractivity contribution is 0.103. The van der Waals surface area contributed by atoms with E-state index in [1.165, 1.54) is 5.56 Å². The number of aliphatic hydroxyl groups is 1. The predicted molar refractivity (Wildman–Crippen MR) is 102 cm³/mol. The van der Waals surface area contributed by atoms with Gasteiger partial charge in [0.2, 0.25) is 5.89 Å². The van der Waals surface area contributed by atoms with Crippen molar-refractivity contribution in [2.75, 3.05) is 7.11 Å². The molecule has 0 amide bonds. The van der Waals surface area contributed by atoms with Gasteiger partial charge in [0.25, 0.3) is 0 Å². The minimum absolute atomic E-state index is 0.245. The number of aromatic nitrogens is 2. The Balaban J connectivity index is 1.64. The maximum absolute atomic E-state index is 10.0. The van der Waals surface area contributed by atoms with E-state index in [9.17, 15) is 5.11 Å². The highest BCUT2D eigenvalue weighted by molar-refractivity contribution is 5.34. The molecule has 4 rings (SSSR count). The Kier molecular flexibility index (Phi) is 4.94. The second kappa shape index (κ2) is 7.53. The zero-order valence-corrected chi connectivity index (χ0v) is 15.5. The summed E-state index contributed by atoms with van der Waals surface area (Å²) in [6, 6.07) is 18.2. The van der Waals surface area contributed by atoms with E-state index in [2.05, 4.69) is 17.3 Å². The van der Waals surface area contributed by atoms with E-state index < -0.39 is 0 Å². The Hall–Kier alpha value is -2.66. The van der Waals surface area contributed by atoms with Crippen LogP contribution >= 0.6 is 0 Å². The first kappa shape index (κ1) is 17.7. The van der Waals surface area contributed by atoms with Crippen molar-refractivity contribution in [3.63, 3.8) is 0 Å². The summed E-state index contributed by atoms with van der Waals surface area (Å²) in [7, 11) is 1.66. The second-order valence-corrected chi connectivity index (χ2v) is 7.22. The van der Waals surface area contributed by atoms with Gasteiger partial charge in [-0.2, -0.15) is 4.98 Å². The lowest BCUT2D eigenvalue weighted by Gasteiger charge is -2.36. The van der Waals surface area contributed by atoms with Gasteiger partial charge in [-0.15, -0.1) is 0 Å². The first-order valence-electron chi connectivity index (χ1n) is 9.39. The second-order valence-electron chi connectivity index (χ2n) is 7.22. The number of nitrogens with zero attached hydrogens (tertiary/aromatic N) is 2. The molecule has 0 saturated heterocycles. The lowest BCUT2D eigenvalue weighted by Crippen LogP contribution is -2.35. The van der Waals surface area contributed by atoms with Crippen LogP contribution in [0.25, 0.3) is 0 Å². The fourth-order valence-corrected chi connectivity index (χ4v) is 3.97. The van der Waals surface area contributed by atoms with Crippen LogP contribution in [0, 0.1) is 0 Å². The molecule has 1 aliphatic rings. The summed E-state index contributed by atoms with van der Waals surface area (Å²) in [5.41, 5.74) is 1.96. The summed E-state index contributed by atoms with van der Waals surface area (Å²) in [6.07, 6.45) is 3.44. The molecule has 5 nitrogen and oxygen atoms in total. The van der Waals surface area contributed by atoms with Gasteiger partial charge in [0.15, 0.2) is 5.82 Å². The average Bonchev–Trinajstić information content (AvgIpc) is 3.18. The van der Waals surface area contributed by atoms with Crippen LogP contribution in [-0.4, -0.2) is 28.5 Å². The number of hydrogen-bond donors (Lipinski definition) is 1. The summed E-state index contributed by atoms with van der Waals surface area (Å²) in [4.78, 5) is 4.76. The summed E-state index contributed by atoms with van der Waals surface area (Å²) in [6.45, 7) is 0. The smallest absolute Gasteiger partial charge is 0.231 e. The molecule has 1 N–H and O–H groups in total. The molecule has 0 aliphatic heterocycles. The highest BCUT2D eigenvalue weighted by Gasteiger charge is 2.41. The van der Waals surface area contributed by atoms with Gasteiger partial charge in [0.1, 0.15) is 5.75 Å². The minimum Gasteiger partial charge on any atom is -0.497 e. The Labute approximate surface area is 159 Å². The van der Waals surface area contributed by atoms with Gasteiger partial charge >= 0.3 is 0 Å². The molecule has 1 fully saturated rings. The molecule has 27 heavy (non-hydrogen) atoms. The van der Waals surface area contributed by atoms with Gasteiger partial charge < -0.3 is 14.4 Å². The molecule has 1 saturated carbocycles. The standard InChI is InChI=1S/C22H24N2O3/c1-26-19-9-5-6-16(14-19)15-20-23-21(24-27-20)22(12-10-18(25)11-13-22)17-7-3-2-4-8-17/h2-9,14,18,25H,10-13,15H2,1H3. The van der Waals surface area contributed by atoms with Gasteiger partial charge in [-0.25, -0.2) is 0 Å². The minimum atomic E-state index is -0.295. The Morgan fingerprint density at radius 1 is 1.11 bits per heavy atom. The predicted octanol–water partition coefficient (Wildman–Crippen LogP) is 3.89. The molecule has 5 heteroatoms. The van der Waals surface area contributed by atoms with E-state index in [4.69, 9.17) is 14.2 Å². The largest absolute Gasteiger partial charge is 0.497 e. The first-order chi connectivity index (χ1) is 13.2. The lowest BCUT2D eigenvalue weighted by atomic mass is 9.68. The summed E-state index contributed by atoms with van der Waals surface area (Å²) < 4.78 is 10.9. The molecule has 1 aromatic heterocycles. The van der Waals surface area contributed by atoms with Crippen LogP contribution < -0.4 is 4.74 Å². The molecule has 3 aromatic rings. The molecule has 1 heterocycles. The quantitative estimate of drug-likeness (QED) is 0.744. The highest BCUT2D eigenvalue weighted by Crippen LogP contribution is 2.43. The van der Waals surface area contributed by atoms with Crippen molar-refractivity contribution in [2.24, 2.45) is 0 Å². The van der Waals surface area contributed by atoms with Crippen LogP contribution in [0.2, 0.25) is 0 Å². The van der Waals surface area contributed by atoms with Gasteiger partial charge in [0.05, 0.1) is 25.0 Å². The van der Waals surface area contributed by atoms with Crippen LogP contribution in [0.4, 0.5) is 0 Å². The van der Waals surface area contributed by atoms with Crippen LogP contribution in [0.15, 0.2) is 59.1 Å². The Morgan fingerprint density at radius 2 is 1.89 bits per heavy atom. The van der Waals surface area contributed by atoms with E-state index in [-0.39, 0.29) is 11.5 Å². The molecule has 0 atom stereocenters. The third kappa shape index (κ3) is 3.60. The van der Waals surface area contributed by atoms with E-state index in [1.54, 1.807) is 7.11 Å². The monoisotopic (exact) mass is 364 g/mol. The number of benzene rings is 2. The first-order valence-corrected chi connectivity index (χ1v) is 9.39. The number of methoxy groups -OCH3 is 1. The van der Waals surface area contributed by atoms with Crippen molar-refractivity contribution in [3.8, 4) is 5.75 Å². The van der Waals surface area contributed by atoms with Crippen molar-refractivity contribution >= 4 is 0 Å². The molecular weight excluding hydrogens is 340 g/mol. The molecule has 0 spiro atoms. The van der Waals surface area contributed by atoms with Crippen LogP contribution in [-0.2, 0) is 11.8 Å². The van der Waals surface area contributed by atoms with Crippen molar-refractivity contribution in [1.29, 1.82) is 0 Å². The van der Waals surface area contributed by atoms with E-state index in [0.29, 0.717) is 12.3 Å². The van der Waals surface area contributed by atoms with Crippen molar-refractivity contribution in [2.45, 2.75) is 43.6 Å². The van der Waals surface area contributed by atoms with Gasteiger partial charge in [0, 0.05) is 0 Å². The average molecular weight is 364 g/mol. The number of aliphatic hydroxyl groups excluding tert-OH is 1. The number of ether oxygens (including phenoxy) is 1. The Morgan fingerprint density at radius 3 is 2.63 bits per heavy atom. The molecule has 1 aliphatic carbocycles. The molecule has 0 unspecified atom stereocenters. The molecule has 140 valence electrons. The molecular formula is C22H24N2O3. The van der Waals surface area contributed by atoms with Gasteiger partial charge in [-0.3, -0.25) is 0 Å². The molecule has 0 radical (unpaired) electrons. The van der Waals surface area contributed by atoms with E-state index >= 15 is 0 Å². The fourth-order valence-electron chi connectivity index (χ4n) is 3.97. The van der Waals surface area contributed by atoms with Crippen LogP contribution in [0.5, 0.6) is 5.75 Å². The normalized spacial score (nSPS) is 22.5. The van der Waals surface area contributed by atoms with E-state index in [1.807, 2.05) is 42.5 Å². The van der Waals surface area contributed by atoms with Gasteiger partial charge in [-0.05, 0) is 48.9 Å². The van der Waals surface area contributed by atoms with Crippen molar-refractivity contribution in [3.05, 3.63) is 77.4 Å². The van der Waals surface area contributed by atoms with Crippen LogP contribution in [0.3, 0.4) is 0 Å². The van der Waals surface area contributed by atoms with Crippen molar-refractivity contribution in [1.82, 2.24) is 10.1 Å². The Bertz CT molecular complexity index is 883. The maximum Gasteiger partial charge on any atom is 0.231 e. The molecule has 2 aromatic carbocycles. The third-order valence-electron chi connectivity index (χ3n) is 5.52. The zero-order valence-electron chi connectivity index (χ0n) is 15.5. The fraction of sp³-hybridized carbons (Fsp3) is 0.364. The molecule has 0 bridgehead atoms.